The molecule has 0 amide bonds. The second-order valence-corrected chi connectivity index (χ2v) is 5.92. The van der Waals surface area contributed by atoms with Gasteiger partial charge in [-0.15, -0.1) is 0 Å². The van der Waals surface area contributed by atoms with Crippen molar-refractivity contribution in [2.45, 2.75) is 45.4 Å². The minimum Gasteiger partial charge on any atom is -0.323 e. The monoisotopic (exact) mass is 237 g/mol. The van der Waals surface area contributed by atoms with E-state index in [0.717, 1.165) is 5.75 Å². The summed E-state index contributed by atoms with van der Waals surface area (Å²) in [6.45, 7) is 8.80. The third-order valence-corrected chi connectivity index (χ3v) is 4.64. The van der Waals surface area contributed by atoms with Gasteiger partial charge in [0.25, 0.3) is 0 Å². The van der Waals surface area contributed by atoms with Gasteiger partial charge in [0, 0.05) is 17.0 Å². The Kier molecular flexibility index (Phi) is 5.36. The van der Waals surface area contributed by atoms with Crippen LogP contribution in [0.4, 0.5) is 0 Å². The Morgan fingerprint density at radius 2 is 2.00 bits per heavy atom. The average Bonchev–Trinajstić information content (AvgIpc) is 2.29. The standard InChI is InChI=1S/C14H23NS/c1-5-11(3)16-9-14(15)13-8-6-7-10(2)12(13)4/h6-8,11,14H,5,9,15H2,1-4H3. The predicted octanol–water partition coefficient (Wildman–Crippen LogP) is 3.83. The van der Waals surface area contributed by atoms with E-state index in [1.54, 1.807) is 0 Å². The SMILES string of the molecule is CCC(C)SCC(N)c1cccc(C)c1C. The first-order chi connectivity index (χ1) is 7.56. The van der Waals surface area contributed by atoms with Gasteiger partial charge in [-0.05, 0) is 37.0 Å². The van der Waals surface area contributed by atoms with Crippen LogP contribution < -0.4 is 5.73 Å². The van der Waals surface area contributed by atoms with Crippen molar-refractivity contribution in [2.24, 2.45) is 5.73 Å². The van der Waals surface area contributed by atoms with E-state index in [-0.39, 0.29) is 6.04 Å². The van der Waals surface area contributed by atoms with E-state index >= 15 is 0 Å². The molecule has 90 valence electrons. The third-order valence-electron chi connectivity index (χ3n) is 3.18. The normalized spacial score (nSPS) is 14.8. The highest BCUT2D eigenvalue weighted by atomic mass is 32.2. The first-order valence-electron chi connectivity index (χ1n) is 5.99. The minimum atomic E-state index is 0.166. The van der Waals surface area contributed by atoms with E-state index in [1.807, 2.05) is 11.8 Å². The minimum absolute atomic E-state index is 0.166. The summed E-state index contributed by atoms with van der Waals surface area (Å²) in [7, 11) is 0. The van der Waals surface area contributed by atoms with Crippen LogP contribution in [0.5, 0.6) is 0 Å². The van der Waals surface area contributed by atoms with E-state index in [4.69, 9.17) is 5.73 Å². The van der Waals surface area contributed by atoms with E-state index in [2.05, 4.69) is 45.9 Å². The molecule has 0 saturated heterocycles. The second-order valence-electron chi connectivity index (χ2n) is 4.45. The zero-order valence-corrected chi connectivity index (χ0v) is 11.6. The Bertz CT molecular complexity index is 336. The molecule has 0 aliphatic carbocycles. The third kappa shape index (κ3) is 3.53. The Hall–Kier alpha value is -0.470. The zero-order chi connectivity index (χ0) is 12.1. The van der Waals surface area contributed by atoms with Crippen LogP contribution in [0.2, 0.25) is 0 Å². The fourth-order valence-corrected chi connectivity index (χ4v) is 2.60. The van der Waals surface area contributed by atoms with Gasteiger partial charge in [0.15, 0.2) is 0 Å². The number of thioether (sulfide) groups is 1. The Labute approximate surface area is 104 Å². The summed E-state index contributed by atoms with van der Waals surface area (Å²) in [6, 6.07) is 6.57. The fraction of sp³-hybridized carbons (Fsp3) is 0.571. The number of rotatable bonds is 5. The maximum Gasteiger partial charge on any atom is 0.0389 e. The summed E-state index contributed by atoms with van der Waals surface area (Å²) in [6.07, 6.45) is 1.21. The first kappa shape index (κ1) is 13.6. The number of benzene rings is 1. The Morgan fingerprint density at radius 3 is 2.62 bits per heavy atom. The highest BCUT2D eigenvalue weighted by Crippen LogP contribution is 2.24. The lowest BCUT2D eigenvalue weighted by molar-refractivity contribution is 0.811. The average molecular weight is 237 g/mol. The van der Waals surface area contributed by atoms with E-state index in [9.17, 15) is 0 Å². The molecular formula is C14H23NS. The van der Waals surface area contributed by atoms with Crippen molar-refractivity contribution in [1.29, 1.82) is 0 Å². The van der Waals surface area contributed by atoms with Crippen LogP contribution in [0, 0.1) is 13.8 Å². The van der Waals surface area contributed by atoms with Gasteiger partial charge in [-0.1, -0.05) is 32.0 Å². The van der Waals surface area contributed by atoms with Gasteiger partial charge < -0.3 is 5.73 Å². The summed E-state index contributed by atoms with van der Waals surface area (Å²) >= 11 is 1.97. The second kappa shape index (κ2) is 6.31. The van der Waals surface area contributed by atoms with Crippen LogP contribution in [-0.4, -0.2) is 11.0 Å². The highest BCUT2D eigenvalue weighted by Gasteiger charge is 2.11. The van der Waals surface area contributed by atoms with Crippen LogP contribution in [-0.2, 0) is 0 Å². The molecule has 0 radical (unpaired) electrons. The number of hydrogen-bond donors (Lipinski definition) is 1. The van der Waals surface area contributed by atoms with Crippen molar-refractivity contribution >= 4 is 11.8 Å². The Morgan fingerprint density at radius 1 is 1.31 bits per heavy atom. The molecule has 2 unspecified atom stereocenters. The molecule has 2 atom stereocenters. The Balaban J connectivity index is 2.66. The molecule has 16 heavy (non-hydrogen) atoms. The molecule has 1 aromatic carbocycles. The molecule has 2 heteroatoms. The van der Waals surface area contributed by atoms with Crippen molar-refractivity contribution in [3.63, 3.8) is 0 Å². The molecule has 0 aliphatic rings. The fourth-order valence-electron chi connectivity index (χ4n) is 1.65. The summed E-state index contributed by atoms with van der Waals surface area (Å²) < 4.78 is 0. The maximum atomic E-state index is 6.25. The first-order valence-corrected chi connectivity index (χ1v) is 7.04. The van der Waals surface area contributed by atoms with Crippen LogP contribution in [0.1, 0.15) is 43.0 Å². The van der Waals surface area contributed by atoms with Crippen LogP contribution in [0.15, 0.2) is 18.2 Å². The molecule has 0 spiro atoms. The lowest BCUT2D eigenvalue weighted by Crippen LogP contribution is -2.16. The number of nitrogens with two attached hydrogens (primary N) is 1. The number of aryl methyl sites for hydroxylation is 1. The molecule has 1 nitrogen and oxygen atoms in total. The van der Waals surface area contributed by atoms with Crippen LogP contribution in [0.3, 0.4) is 0 Å². The van der Waals surface area contributed by atoms with Gasteiger partial charge in [0.1, 0.15) is 0 Å². The summed E-state index contributed by atoms with van der Waals surface area (Å²) in [5.41, 5.74) is 10.2. The van der Waals surface area contributed by atoms with Crippen molar-refractivity contribution < 1.29 is 0 Å². The molecule has 1 rings (SSSR count). The van der Waals surface area contributed by atoms with Gasteiger partial charge in [-0.2, -0.15) is 11.8 Å². The van der Waals surface area contributed by atoms with Crippen molar-refractivity contribution in [2.75, 3.05) is 5.75 Å². The smallest absolute Gasteiger partial charge is 0.0389 e. The van der Waals surface area contributed by atoms with Crippen LogP contribution in [0.25, 0.3) is 0 Å². The summed E-state index contributed by atoms with van der Waals surface area (Å²) in [4.78, 5) is 0. The predicted molar refractivity (Wildman–Crippen MR) is 75.1 cm³/mol. The van der Waals surface area contributed by atoms with Gasteiger partial charge in [-0.3, -0.25) is 0 Å². The zero-order valence-electron chi connectivity index (χ0n) is 10.8. The summed E-state index contributed by atoms with van der Waals surface area (Å²) in [5, 5.41) is 0.705. The van der Waals surface area contributed by atoms with Gasteiger partial charge in [-0.25, -0.2) is 0 Å². The molecule has 0 saturated carbocycles. The van der Waals surface area contributed by atoms with Crippen molar-refractivity contribution in [1.82, 2.24) is 0 Å². The van der Waals surface area contributed by atoms with E-state index in [1.165, 1.54) is 23.1 Å². The lowest BCUT2D eigenvalue weighted by Gasteiger charge is -2.17. The van der Waals surface area contributed by atoms with Gasteiger partial charge >= 0.3 is 0 Å². The molecule has 2 N–H and O–H groups in total. The highest BCUT2D eigenvalue weighted by molar-refractivity contribution is 7.99. The topological polar surface area (TPSA) is 26.0 Å². The molecule has 0 bridgehead atoms. The summed E-state index contributed by atoms with van der Waals surface area (Å²) in [5.74, 6) is 1.01. The van der Waals surface area contributed by atoms with Crippen molar-refractivity contribution in [3.05, 3.63) is 34.9 Å². The van der Waals surface area contributed by atoms with Crippen LogP contribution >= 0.6 is 11.8 Å². The van der Waals surface area contributed by atoms with Crippen molar-refractivity contribution in [3.8, 4) is 0 Å². The number of hydrogen-bond acceptors (Lipinski definition) is 2. The molecule has 0 aliphatic heterocycles. The quantitative estimate of drug-likeness (QED) is 0.842. The molecule has 1 aromatic rings. The van der Waals surface area contributed by atoms with E-state index in [0.29, 0.717) is 5.25 Å². The molecule has 0 aromatic heterocycles. The molecule has 0 heterocycles. The van der Waals surface area contributed by atoms with Gasteiger partial charge in [0.05, 0.1) is 0 Å². The van der Waals surface area contributed by atoms with Gasteiger partial charge in [0.2, 0.25) is 0 Å². The molecule has 0 fully saturated rings. The maximum absolute atomic E-state index is 6.25. The molecular weight excluding hydrogens is 214 g/mol. The van der Waals surface area contributed by atoms with E-state index < -0.39 is 0 Å². The largest absolute Gasteiger partial charge is 0.323 e. The lowest BCUT2D eigenvalue weighted by atomic mass is 9.99.